The second kappa shape index (κ2) is 10.5. The van der Waals surface area contributed by atoms with E-state index in [9.17, 15) is 14.7 Å². The van der Waals surface area contributed by atoms with E-state index in [2.05, 4.69) is 43.5 Å². The molecule has 0 atom stereocenters. The molecule has 0 saturated carbocycles. The number of phenolic OH excluding ortho intramolecular Hbond substituents is 1. The van der Waals surface area contributed by atoms with Crippen molar-refractivity contribution in [3.05, 3.63) is 59.7 Å². The number of ether oxygens (including phenoxy) is 1. The summed E-state index contributed by atoms with van der Waals surface area (Å²) in [5.74, 6) is 0.468. The molecule has 0 bridgehead atoms. The maximum Gasteiger partial charge on any atom is 0.251 e. The molecule has 0 fully saturated rings. The third kappa shape index (κ3) is 7.86. The predicted molar refractivity (Wildman–Crippen MR) is 113 cm³/mol. The van der Waals surface area contributed by atoms with Crippen molar-refractivity contribution in [1.82, 2.24) is 10.6 Å². The Hall–Kier alpha value is -3.02. The van der Waals surface area contributed by atoms with Gasteiger partial charge < -0.3 is 20.5 Å². The molecule has 29 heavy (non-hydrogen) atoms. The molecule has 156 valence electrons. The van der Waals surface area contributed by atoms with E-state index in [1.807, 2.05) is 12.1 Å². The van der Waals surface area contributed by atoms with Gasteiger partial charge in [-0.25, -0.2) is 0 Å². The number of carbonyl (C=O) groups excluding carboxylic acids is 2. The number of nitrogens with one attached hydrogen (secondary N) is 2. The Morgan fingerprint density at radius 1 is 1.00 bits per heavy atom. The molecule has 2 amide bonds. The van der Waals surface area contributed by atoms with Gasteiger partial charge in [-0.2, -0.15) is 0 Å². The fourth-order valence-electron chi connectivity index (χ4n) is 2.69. The molecule has 3 N–H and O–H groups in total. The van der Waals surface area contributed by atoms with Crippen LogP contribution in [0.5, 0.6) is 11.5 Å². The van der Waals surface area contributed by atoms with E-state index in [1.54, 1.807) is 12.1 Å². The van der Waals surface area contributed by atoms with E-state index < -0.39 is 0 Å². The van der Waals surface area contributed by atoms with Crippen LogP contribution in [0, 0.1) is 0 Å². The quantitative estimate of drug-likeness (QED) is 0.565. The van der Waals surface area contributed by atoms with Crippen LogP contribution in [0.15, 0.2) is 48.5 Å². The topological polar surface area (TPSA) is 87.7 Å². The third-order valence-corrected chi connectivity index (χ3v) is 4.38. The Morgan fingerprint density at radius 3 is 2.34 bits per heavy atom. The van der Waals surface area contributed by atoms with Crippen LogP contribution in [-0.2, 0) is 10.2 Å². The second-order valence-corrected chi connectivity index (χ2v) is 7.88. The summed E-state index contributed by atoms with van der Waals surface area (Å²) in [6.07, 6.45) is 0.975. The number of aromatic hydroxyl groups is 1. The third-order valence-electron chi connectivity index (χ3n) is 4.38. The van der Waals surface area contributed by atoms with E-state index in [4.69, 9.17) is 4.74 Å². The molecule has 2 aromatic rings. The van der Waals surface area contributed by atoms with Crippen LogP contribution in [0.25, 0.3) is 0 Å². The van der Waals surface area contributed by atoms with Crippen LogP contribution in [0.2, 0.25) is 0 Å². The van der Waals surface area contributed by atoms with Gasteiger partial charge in [0.2, 0.25) is 5.91 Å². The summed E-state index contributed by atoms with van der Waals surface area (Å²) in [4.78, 5) is 23.8. The van der Waals surface area contributed by atoms with Crippen LogP contribution in [-0.4, -0.2) is 36.6 Å². The lowest BCUT2D eigenvalue weighted by molar-refractivity contribution is -0.121. The molecular weight excluding hydrogens is 368 g/mol. The van der Waals surface area contributed by atoms with Crippen molar-refractivity contribution in [2.45, 2.75) is 39.0 Å². The van der Waals surface area contributed by atoms with Gasteiger partial charge in [0.15, 0.2) is 0 Å². The zero-order valence-corrected chi connectivity index (χ0v) is 17.3. The van der Waals surface area contributed by atoms with Gasteiger partial charge in [0, 0.05) is 25.1 Å². The highest BCUT2D eigenvalue weighted by atomic mass is 16.5. The highest BCUT2D eigenvalue weighted by Gasteiger charge is 2.13. The minimum atomic E-state index is -0.291. The van der Waals surface area contributed by atoms with E-state index >= 15 is 0 Å². The van der Waals surface area contributed by atoms with Crippen molar-refractivity contribution in [2.24, 2.45) is 0 Å². The molecule has 6 heteroatoms. The lowest BCUT2D eigenvalue weighted by Crippen LogP contribution is -2.34. The van der Waals surface area contributed by atoms with Crippen molar-refractivity contribution >= 4 is 11.8 Å². The standard InChI is InChI=1S/C23H30N2O4/c1-23(2,3)18-9-11-20(12-10-18)29-15-5-8-21(27)24-13-14-25-22(28)17-6-4-7-19(26)16-17/h4,6-7,9-12,16,26H,5,8,13-15H2,1-3H3,(H,24,27)(H,25,28). The molecule has 0 heterocycles. The van der Waals surface area contributed by atoms with Crippen LogP contribution in [0.4, 0.5) is 0 Å². The maximum atomic E-state index is 11.9. The molecular formula is C23H30N2O4. The first kappa shape index (κ1) is 22.3. The number of hydrogen-bond acceptors (Lipinski definition) is 4. The zero-order chi connectivity index (χ0) is 21.3. The Bertz CT molecular complexity index is 810. The minimum Gasteiger partial charge on any atom is -0.508 e. The van der Waals surface area contributed by atoms with Crippen LogP contribution >= 0.6 is 0 Å². The first-order valence-corrected chi connectivity index (χ1v) is 9.83. The number of carbonyl (C=O) groups is 2. The normalized spacial score (nSPS) is 11.0. The van der Waals surface area contributed by atoms with Gasteiger partial charge in [0.05, 0.1) is 6.61 Å². The lowest BCUT2D eigenvalue weighted by atomic mass is 9.87. The molecule has 6 nitrogen and oxygen atoms in total. The van der Waals surface area contributed by atoms with Gasteiger partial charge in [-0.3, -0.25) is 9.59 Å². The second-order valence-electron chi connectivity index (χ2n) is 7.88. The average molecular weight is 399 g/mol. The van der Waals surface area contributed by atoms with E-state index in [0.717, 1.165) is 5.75 Å². The summed E-state index contributed by atoms with van der Waals surface area (Å²) in [7, 11) is 0. The predicted octanol–water partition coefficient (Wildman–Crippen LogP) is 3.39. The summed E-state index contributed by atoms with van der Waals surface area (Å²) in [6, 6.07) is 14.1. The molecule has 0 saturated heterocycles. The molecule has 0 spiro atoms. The molecule has 2 rings (SSSR count). The smallest absolute Gasteiger partial charge is 0.251 e. The monoisotopic (exact) mass is 398 g/mol. The largest absolute Gasteiger partial charge is 0.508 e. The van der Waals surface area contributed by atoms with Crippen molar-refractivity contribution in [3.8, 4) is 11.5 Å². The van der Waals surface area contributed by atoms with Crippen LogP contribution in [0.3, 0.4) is 0 Å². The SMILES string of the molecule is CC(C)(C)c1ccc(OCCCC(=O)NCCNC(=O)c2cccc(O)c2)cc1. The number of amides is 2. The van der Waals surface area contributed by atoms with Crippen molar-refractivity contribution in [1.29, 1.82) is 0 Å². The van der Waals surface area contributed by atoms with Gasteiger partial charge in [-0.15, -0.1) is 0 Å². The maximum absolute atomic E-state index is 11.9. The average Bonchev–Trinajstić information content (AvgIpc) is 2.68. The Balaban J connectivity index is 1.57. The first-order chi connectivity index (χ1) is 13.8. The van der Waals surface area contributed by atoms with Crippen LogP contribution in [0.1, 0.15) is 49.5 Å². The molecule has 0 aromatic heterocycles. The van der Waals surface area contributed by atoms with Crippen molar-refractivity contribution in [2.75, 3.05) is 19.7 Å². The Kier molecular flexibility index (Phi) is 8.07. The van der Waals surface area contributed by atoms with Crippen LogP contribution < -0.4 is 15.4 Å². The number of phenols is 1. The summed E-state index contributed by atoms with van der Waals surface area (Å²) in [6.45, 7) is 7.63. The fourth-order valence-corrected chi connectivity index (χ4v) is 2.69. The fraction of sp³-hybridized carbons (Fsp3) is 0.391. The highest BCUT2D eigenvalue weighted by Crippen LogP contribution is 2.24. The summed E-state index contributed by atoms with van der Waals surface area (Å²) < 4.78 is 5.68. The first-order valence-electron chi connectivity index (χ1n) is 9.83. The molecule has 0 radical (unpaired) electrons. The minimum absolute atomic E-state index is 0.0401. The van der Waals surface area contributed by atoms with E-state index in [0.29, 0.717) is 38.1 Å². The summed E-state index contributed by atoms with van der Waals surface area (Å²) in [5.41, 5.74) is 1.74. The van der Waals surface area contributed by atoms with Gasteiger partial charge in [0.1, 0.15) is 11.5 Å². The Labute approximate surface area is 172 Å². The van der Waals surface area contributed by atoms with E-state index in [-0.39, 0.29) is 23.0 Å². The summed E-state index contributed by atoms with van der Waals surface area (Å²) in [5, 5.41) is 14.8. The lowest BCUT2D eigenvalue weighted by Gasteiger charge is -2.19. The van der Waals surface area contributed by atoms with Gasteiger partial charge in [-0.1, -0.05) is 39.0 Å². The van der Waals surface area contributed by atoms with Crippen molar-refractivity contribution in [3.63, 3.8) is 0 Å². The molecule has 0 aliphatic rings. The number of hydrogen-bond donors (Lipinski definition) is 3. The van der Waals surface area contributed by atoms with Gasteiger partial charge in [-0.05, 0) is 47.7 Å². The van der Waals surface area contributed by atoms with Crippen molar-refractivity contribution < 1.29 is 19.4 Å². The number of rotatable bonds is 9. The summed E-state index contributed by atoms with van der Waals surface area (Å²) >= 11 is 0. The van der Waals surface area contributed by atoms with Gasteiger partial charge >= 0.3 is 0 Å². The molecule has 0 unspecified atom stereocenters. The van der Waals surface area contributed by atoms with Gasteiger partial charge in [0.25, 0.3) is 5.91 Å². The van der Waals surface area contributed by atoms with E-state index in [1.165, 1.54) is 17.7 Å². The Morgan fingerprint density at radius 2 is 1.69 bits per heavy atom. The molecule has 0 aliphatic carbocycles. The molecule has 0 aliphatic heterocycles. The highest BCUT2D eigenvalue weighted by molar-refractivity contribution is 5.94. The number of benzene rings is 2. The zero-order valence-electron chi connectivity index (χ0n) is 17.3. The molecule has 2 aromatic carbocycles.